The SMILES string of the molecule is CCOC(=O)c1cc(-c2ccccc2)sc1NC(=O)[C@H](C)OC(=O)c1ccc(S(=O)(=O)N2CCCC2)cc1. The zero-order valence-electron chi connectivity index (χ0n) is 21.0. The molecule has 38 heavy (non-hydrogen) atoms. The Hall–Kier alpha value is -3.54. The molecular formula is C27H28N2O7S2. The minimum absolute atomic E-state index is 0.0974. The summed E-state index contributed by atoms with van der Waals surface area (Å²) in [6.07, 6.45) is 0.459. The Morgan fingerprint density at radius 3 is 2.29 bits per heavy atom. The number of hydrogen-bond donors (Lipinski definition) is 1. The van der Waals surface area contributed by atoms with Crippen molar-refractivity contribution in [3.8, 4) is 10.4 Å². The van der Waals surface area contributed by atoms with E-state index < -0.39 is 34.0 Å². The van der Waals surface area contributed by atoms with Gasteiger partial charge in [0.15, 0.2) is 6.10 Å². The second-order valence-electron chi connectivity index (χ2n) is 8.61. The first-order chi connectivity index (χ1) is 18.2. The predicted octanol–water partition coefficient (Wildman–Crippen LogP) is 4.56. The van der Waals surface area contributed by atoms with Gasteiger partial charge in [0.2, 0.25) is 10.0 Å². The average molecular weight is 557 g/mol. The van der Waals surface area contributed by atoms with E-state index in [4.69, 9.17) is 9.47 Å². The lowest BCUT2D eigenvalue weighted by atomic mass is 10.1. The highest BCUT2D eigenvalue weighted by molar-refractivity contribution is 7.89. The number of amides is 1. The zero-order valence-corrected chi connectivity index (χ0v) is 22.6. The number of esters is 2. The number of nitrogens with one attached hydrogen (secondary N) is 1. The van der Waals surface area contributed by atoms with Crippen LogP contribution in [0.3, 0.4) is 0 Å². The number of rotatable bonds is 9. The smallest absolute Gasteiger partial charge is 0.341 e. The Morgan fingerprint density at radius 2 is 1.66 bits per heavy atom. The minimum Gasteiger partial charge on any atom is -0.462 e. The van der Waals surface area contributed by atoms with Crippen molar-refractivity contribution in [3.05, 3.63) is 71.8 Å². The zero-order chi connectivity index (χ0) is 27.3. The summed E-state index contributed by atoms with van der Waals surface area (Å²) in [5.74, 6) is -1.98. The number of anilines is 1. The third-order valence-electron chi connectivity index (χ3n) is 5.97. The van der Waals surface area contributed by atoms with Crippen molar-refractivity contribution in [2.75, 3.05) is 25.0 Å². The van der Waals surface area contributed by atoms with Crippen molar-refractivity contribution in [3.63, 3.8) is 0 Å². The van der Waals surface area contributed by atoms with Crippen LogP contribution in [0.5, 0.6) is 0 Å². The van der Waals surface area contributed by atoms with E-state index in [0.29, 0.717) is 13.1 Å². The first kappa shape index (κ1) is 27.5. The lowest BCUT2D eigenvalue weighted by Crippen LogP contribution is -2.30. The maximum Gasteiger partial charge on any atom is 0.341 e. The molecule has 2 heterocycles. The van der Waals surface area contributed by atoms with E-state index in [1.54, 1.807) is 13.0 Å². The fraction of sp³-hybridized carbons (Fsp3) is 0.296. The summed E-state index contributed by atoms with van der Waals surface area (Å²) < 4.78 is 37.2. The highest BCUT2D eigenvalue weighted by atomic mass is 32.2. The van der Waals surface area contributed by atoms with E-state index in [0.717, 1.165) is 23.3 Å². The Morgan fingerprint density at radius 1 is 1.00 bits per heavy atom. The first-order valence-corrected chi connectivity index (χ1v) is 14.4. The molecule has 0 radical (unpaired) electrons. The summed E-state index contributed by atoms with van der Waals surface area (Å²) in [5, 5.41) is 2.96. The number of carbonyl (C=O) groups is 3. The van der Waals surface area contributed by atoms with Crippen molar-refractivity contribution < 1.29 is 32.3 Å². The molecule has 1 saturated heterocycles. The first-order valence-electron chi connectivity index (χ1n) is 12.2. The summed E-state index contributed by atoms with van der Waals surface area (Å²) in [7, 11) is -3.61. The van der Waals surface area contributed by atoms with Crippen LogP contribution >= 0.6 is 11.3 Å². The molecule has 1 aliphatic heterocycles. The predicted molar refractivity (Wildman–Crippen MR) is 144 cm³/mol. The third kappa shape index (κ3) is 6.12. The summed E-state index contributed by atoms with van der Waals surface area (Å²) in [6.45, 7) is 4.24. The fourth-order valence-corrected chi connectivity index (χ4v) is 6.50. The van der Waals surface area contributed by atoms with Gasteiger partial charge in [-0.2, -0.15) is 4.31 Å². The van der Waals surface area contributed by atoms with Crippen LogP contribution in [-0.4, -0.2) is 56.4 Å². The molecule has 1 fully saturated rings. The van der Waals surface area contributed by atoms with Gasteiger partial charge in [0.1, 0.15) is 5.00 Å². The summed E-state index contributed by atoms with van der Waals surface area (Å²) in [5.41, 5.74) is 1.19. The van der Waals surface area contributed by atoms with Gasteiger partial charge < -0.3 is 14.8 Å². The van der Waals surface area contributed by atoms with Crippen LogP contribution in [0, 0.1) is 0 Å². The minimum atomic E-state index is -3.61. The van der Waals surface area contributed by atoms with E-state index in [1.165, 1.54) is 46.8 Å². The second kappa shape index (κ2) is 11.9. The molecule has 0 spiro atoms. The van der Waals surface area contributed by atoms with Crippen LogP contribution < -0.4 is 5.32 Å². The molecule has 2 aromatic carbocycles. The number of benzene rings is 2. The maximum atomic E-state index is 12.9. The molecule has 11 heteroatoms. The summed E-state index contributed by atoms with van der Waals surface area (Å²) >= 11 is 1.21. The number of thiophene rings is 1. The van der Waals surface area contributed by atoms with Gasteiger partial charge in [0, 0.05) is 18.0 Å². The van der Waals surface area contributed by atoms with Crippen LogP contribution in [0.15, 0.2) is 65.6 Å². The van der Waals surface area contributed by atoms with Gasteiger partial charge in [-0.1, -0.05) is 30.3 Å². The van der Waals surface area contributed by atoms with Gasteiger partial charge in [0.25, 0.3) is 5.91 Å². The molecule has 4 rings (SSSR count). The third-order valence-corrected chi connectivity index (χ3v) is 8.98. The van der Waals surface area contributed by atoms with Gasteiger partial charge >= 0.3 is 11.9 Å². The highest BCUT2D eigenvalue weighted by Crippen LogP contribution is 2.36. The van der Waals surface area contributed by atoms with E-state index in [9.17, 15) is 22.8 Å². The molecule has 1 N–H and O–H groups in total. The van der Waals surface area contributed by atoms with E-state index in [-0.39, 0.29) is 27.6 Å². The Labute approximate surface area is 225 Å². The lowest BCUT2D eigenvalue weighted by molar-refractivity contribution is -0.123. The molecule has 9 nitrogen and oxygen atoms in total. The summed E-state index contributed by atoms with van der Waals surface area (Å²) in [4.78, 5) is 38.9. The Bertz CT molecular complexity index is 1410. The average Bonchev–Trinajstić information content (AvgIpc) is 3.61. The Balaban J connectivity index is 1.44. The molecular weight excluding hydrogens is 528 g/mol. The molecule has 1 atom stereocenters. The van der Waals surface area contributed by atoms with Gasteiger partial charge in [-0.05, 0) is 62.6 Å². The Kier molecular flexibility index (Phi) is 8.60. The van der Waals surface area contributed by atoms with Gasteiger partial charge in [-0.3, -0.25) is 4.79 Å². The molecule has 0 aliphatic carbocycles. The van der Waals surface area contributed by atoms with Gasteiger partial charge in [0.05, 0.1) is 22.6 Å². The van der Waals surface area contributed by atoms with Gasteiger partial charge in [-0.25, -0.2) is 18.0 Å². The van der Waals surface area contributed by atoms with Crippen molar-refractivity contribution in [2.24, 2.45) is 0 Å². The normalized spacial score (nSPS) is 14.6. The molecule has 1 aromatic heterocycles. The molecule has 1 amide bonds. The van der Waals surface area contributed by atoms with Gasteiger partial charge in [-0.15, -0.1) is 11.3 Å². The molecule has 0 bridgehead atoms. The maximum absolute atomic E-state index is 12.9. The van der Waals surface area contributed by atoms with Crippen LogP contribution in [0.4, 0.5) is 5.00 Å². The number of carbonyl (C=O) groups excluding carboxylic acids is 3. The van der Waals surface area contributed by atoms with Crippen LogP contribution in [-0.2, 0) is 24.3 Å². The topological polar surface area (TPSA) is 119 Å². The van der Waals surface area contributed by atoms with E-state index >= 15 is 0 Å². The van der Waals surface area contributed by atoms with Crippen molar-refractivity contribution in [1.82, 2.24) is 4.31 Å². The fourth-order valence-electron chi connectivity index (χ4n) is 3.93. The number of ether oxygens (including phenoxy) is 2. The largest absolute Gasteiger partial charge is 0.462 e. The molecule has 1 aliphatic rings. The van der Waals surface area contributed by atoms with E-state index in [2.05, 4.69) is 5.32 Å². The van der Waals surface area contributed by atoms with Crippen molar-refractivity contribution in [1.29, 1.82) is 0 Å². The second-order valence-corrected chi connectivity index (χ2v) is 11.6. The molecule has 3 aromatic rings. The molecule has 200 valence electrons. The van der Waals surface area contributed by atoms with Crippen LogP contribution in [0.1, 0.15) is 47.4 Å². The summed E-state index contributed by atoms with van der Waals surface area (Å²) in [6, 6.07) is 16.5. The molecule has 0 unspecified atom stereocenters. The van der Waals surface area contributed by atoms with Crippen LogP contribution in [0.2, 0.25) is 0 Å². The van der Waals surface area contributed by atoms with E-state index in [1.807, 2.05) is 30.3 Å². The van der Waals surface area contributed by atoms with Crippen molar-refractivity contribution in [2.45, 2.75) is 37.7 Å². The molecule has 0 saturated carbocycles. The number of hydrogen-bond acceptors (Lipinski definition) is 8. The number of nitrogens with zero attached hydrogens (tertiary/aromatic N) is 1. The standard InChI is InChI=1S/C27H28N2O7S2/c1-3-35-27(32)22-17-23(19-9-5-4-6-10-19)37-25(22)28-24(30)18(2)36-26(31)20-11-13-21(14-12-20)38(33,34)29-15-7-8-16-29/h4-6,9-14,17-18H,3,7-8,15-16H2,1-2H3,(H,28,30)/t18-/m0/s1. The highest BCUT2D eigenvalue weighted by Gasteiger charge is 2.28. The van der Waals surface area contributed by atoms with Crippen LogP contribution in [0.25, 0.3) is 10.4 Å². The monoisotopic (exact) mass is 556 g/mol. The lowest BCUT2D eigenvalue weighted by Gasteiger charge is -2.16. The number of sulfonamides is 1. The van der Waals surface area contributed by atoms with Crippen molar-refractivity contribution >= 4 is 44.2 Å². The quantitative estimate of drug-likeness (QED) is 0.384.